The Labute approximate surface area is 254 Å². The van der Waals surface area contributed by atoms with Crippen molar-refractivity contribution in [1.29, 1.82) is 0 Å². The lowest BCUT2D eigenvalue weighted by molar-refractivity contribution is -0.136. The molecule has 4 amide bonds. The number of likely N-dealkylation sites (tertiary alicyclic amines) is 1. The van der Waals surface area contributed by atoms with E-state index in [-0.39, 0.29) is 53.8 Å². The number of fused-ring (bicyclic) bond motifs is 9. The van der Waals surface area contributed by atoms with Crippen LogP contribution in [0.1, 0.15) is 68.1 Å². The summed E-state index contributed by atoms with van der Waals surface area (Å²) in [7, 11) is 0. The highest BCUT2D eigenvalue weighted by molar-refractivity contribution is 5.98. The fourth-order valence-corrected chi connectivity index (χ4v) is 7.67. The summed E-state index contributed by atoms with van der Waals surface area (Å²) in [6.07, 6.45) is 6.90. The van der Waals surface area contributed by atoms with E-state index in [1.165, 1.54) is 0 Å². The molecule has 43 heavy (non-hydrogen) atoms. The van der Waals surface area contributed by atoms with Gasteiger partial charge in [0.1, 0.15) is 6.04 Å². The lowest BCUT2D eigenvalue weighted by Gasteiger charge is -2.40. The van der Waals surface area contributed by atoms with E-state index < -0.39 is 6.04 Å². The third-order valence-corrected chi connectivity index (χ3v) is 10.00. The third-order valence-electron chi connectivity index (χ3n) is 10.00. The van der Waals surface area contributed by atoms with Gasteiger partial charge in [0.15, 0.2) is 0 Å². The van der Waals surface area contributed by atoms with Crippen LogP contribution in [0.5, 0.6) is 0 Å². The van der Waals surface area contributed by atoms with Gasteiger partial charge in [-0.05, 0) is 76.5 Å². The Morgan fingerprint density at radius 1 is 0.860 bits per heavy atom. The van der Waals surface area contributed by atoms with E-state index in [1.54, 1.807) is 17.0 Å². The number of piperidine rings is 1. The van der Waals surface area contributed by atoms with E-state index in [1.807, 2.05) is 23.1 Å². The average molecular weight is 595 g/mol. The molecule has 0 aliphatic carbocycles. The largest absolute Gasteiger partial charge is 0.381 e. The number of hydrogen-bond donors (Lipinski definition) is 3. The molecular formula is C32H46N6O5. The van der Waals surface area contributed by atoms with Crippen LogP contribution in [-0.4, -0.2) is 121 Å². The quantitative estimate of drug-likeness (QED) is 0.475. The molecule has 234 valence electrons. The van der Waals surface area contributed by atoms with Gasteiger partial charge in [-0.25, -0.2) is 0 Å². The Balaban J connectivity index is 1.21. The molecule has 3 N–H and O–H groups in total. The number of nitrogens with zero attached hydrogens (tertiary/aromatic N) is 3. The lowest BCUT2D eigenvalue weighted by atomic mass is 9.99. The summed E-state index contributed by atoms with van der Waals surface area (Å²) in [4.78, 5) is 60.4. The summed E-state index contributed by atoms with van der Waals surface area (Å²) in [6, 6.07) is 8.02. The van der Waals surface area contributed by atoms with Crippen molar-refractivity contribution in [3.05, 3.63) is 35.9 Å². The molecule has 1 aromatic carbocycles. The molecule has 0 unspecified atom stereocenters. The van der Waals surface area contributed by atoms with Crippen molar-refractivity contribution in [2.75, 3.05) is 45.9 Å². The predicted molar refractivity (Wildman–Crippen MR) is 160 cm³/mol. The minimum atomic E-state index is -0.670. The van der Waals surface area contributed by atoms with Gasteiger partial charge >= 0.3 is 0 Å². The fourth-order valence-electron chi connectivity index (χ4n) is 7.67. The highest BCUT2D eigenvalue weighted by atomic mass is 16.5. The van der Waals surface area contributed by atoms with Gasteiger partial charge < -0.3 is 30.5 Å². The summed E-state index contributed by atoms with van der Waals surface area (Å²) in [6.45, 7) is 4.37. The second kappa shape index (κ2) is 13.7. The SMILES string of the molecule is O=C1NCCC[C@H](NC2CCOCC2)C(=O)N2CCC(CC2)N2CCC[C@H]2C(=O)N[C@H]2C[C@@H]1N(C(=O)c1ccccc1)C2. The molecule has 1 aromatic rings. The number of ether oxygens (including phenoxy) is 1. The van der Waals surface area contributed by atoms with Crippen molar-refractivity contribution in [2.45, 2.75) is 94.0 Å². The molecule has 0 saturated carbocycles. The Hall–Kier alpha value is -3.02. The molecule has 11 nitrogen and oxygen atoms in total. The highest BCUT2D eigenvalue weighted by Crippen LogP contribution is 2.28. The van der Waals surface area contributed by atoms with Gasteiger partial charge in [-0.2, -0.15) is 0 Å². The molecule has 6 aliphatic heterocycles. The van der Waals surface area contributed by atoms with Crippen LogP contribution in [0, 0.1) is 0 Å². The molecule has 0 radical (unpaired) electrons. The lowest BCUT2D eigenvalue weighted by Crippen LogP contribution is -2.56. The van der Waals surface area contributed by atoms with Gasteiger partial charge in [-0.15, -0.1) is 0 Å². The number of amides is 4. The second-order valence-corrected chi connectivity index (χ2v) is 12.8. The van der Waals surface area contributed by atoms with Crippen molar-refractivity contribution in [1.82, 2.24) is 30.7 Å². The van der Waals surface area contributed by atoms with Crippen molar-refractivity contribution >= 4 is 23.6 Å². The topological polar surface area (TPSA) is 123 Å². The maximum Gasteiger partial charge on any atom is 0.254 e. The summed E-state index contributed by atoms with van der Waals surface area (Å²) in [5.74, 6) is -0.307. The molecular weight excluding hydrogens is 548 g/mol. The normalized spacial score (nSPS) is 31.7. The zero-order chi connectivity index (χ0) is 29.8. The molecule has 6 aliphatic rings. The van der Waals surface area contributed by atoms with Crippen LogP contribution in [0.2, 0.25) is 0 Å². The van der Waals surface area contributed by atoms with E-state index in [4.69, 9.17) is 4.74 Å². The molecule has 6 saturated heterocycles. The molecule has 0 spiro atoms. The van der Waals surface area contributed by atoms with Crippen LogP contribution in [0.3, 0.4) is 0 Å². The van der Waals surface area contributed by atoms with Crippen LogP contribution in [0.4, 0.5) is 0 Å². The molecule has 4 atom stereocenters. The van der Waals surface area contributed by atoms with Crippen LogP contribution < -0.4 is 16.0 Å². The summed E-state index contributed by atoms with van der Waals surface area (Å²) >= 11 is 0. The van der Waals surface area contributed by atoms with Gasteiger partial charge in [-0.1, -0.05) is 18.2 Å². The van der Waals surface area contributed by atoms with Gasteiger partial charge in [-0.3, -0.25) is 24.1 Å². The van der Waals surface area contributed by atoms with E-state index in [0.717, 1.165) is 45.1 Å². The molecule has 6 fully saturated rings. The molecule has 7 rings (SSSR count). The Bertz CT molecular complexity index is 1150. The summed E-state index contributed by atoms with van der Waals surface area (Å²) in [5, 5.41) is 9.89. The predicted octanol–water partition coefficient (Wildman–Crippen LogP) is 0.889. The Morgan fingerprint density at radius 2 is 1.63 bits per heavy atom. The first-order valence-corrected chi connectivity index (χ1v) is 16.3. The zero-order valence-electron chi connectivity index (χ0n) is 25.0. The van der Waals surface area contributed by atoms with E-state index in [0.29, 0.717) is 64.2 Å². The smallest absolute Gasteiger partial charge is 0.254 e. The monoisotopic (exact) mass is 594 g/mol. The Kier molecular flexibility index (Phi) is 9.59. The fraction of sp³-hybridized carbons (Fsp3) is 0.688. The van der Waals surface area contributed by atoms with Crippen molar-refractivity contribution in [3.8, 4) is 0 Å². The van der Waals surface area contributed by atoms with Crippen LogP contribution >= 0.6 is 0 Å². The number of rotatable bonds is 3. The molecule has 0 aromatic heterocycles. The number of nitrogens with one attached hydrogen (secondary N) is 3. The number of carbonyl (C=O) groups excluding carboxylic acids is 4. The van der Waals surface area contributed by atoms with Crippen molar-refractivity contribution < 1.29 is 23.9 Å². The minimum absolute atomic E-state index is 0.0176. The number of carbonyl (C=O) groups is 4. The first-order chi connectivity index (χ1) is 21.0. The van der Waals surface area contributed by atoms with Crippen LogP contribution in [0.25, 0.3) is 0 Å². The van der Waals surface area contributed by atoms with Crippen LogP contribution in [-0.2, 0) is 19.1 Å². The number of benzene rings is 1. The van der Waals surface area contributed by atoms with E-state index >= 15 is 0 Å². The summed E-state index contributed by atoms with van der Waals surface area (Å²) < 4.78 is 5.53. The third kappa shape index (κ3) is 6.89. The van der Waals surface area contributed by atoms with Gasteiger partial charge in [0.05, 0.1) is 12.1 Å². The summed E-state index contributed by atoms with van der Waals surface area (Å²) in [5.41, 5.74) is 0.527. The molecule has 6 heterocycles. The number of hydrogen-bond acceptors (Lipinski definition) is 7. The maximum atomic E-state index is 13.8. The highest BCUT2D eigenvalue weighted by Gasteiger charge is 2.43. The van der Waals surface area contributed by atoms with Crippen molar-refractivity contribution in [3.63, 3.8) is 0 Å². The Morgan fingerprint density at radius 3 is 2.40 bits per heavy atom. The maximum absolute atomic E-state index is 13.8. The molecule has 11 heteroatoms. The van der Waals surface area contributed by atoms with Crippen molar-refractivity contribution in [2.24, 2.45) is 0 Å². The average Bonchev–Trinajstić information content (AvgIpc) is 3.70. The van der Waals surface area contributed by atoms with E-state index in [2.05, 4.69) is 20.9 Å². The van der Waals surface area contributed by atoms with Gasteiger partial charge in [0.25, 0.3) is 5.91 Å². The van der Waals surface area contributed by atoms with Gasteiger partial charge in [0.2, 0.25) is 17.7 Å². The second-order valence-electron chi connectivity index (χ2n) is 12.8. The first-order valence-electron chi connectivity index (χ1n) is 16.3. The standard InChI is InChI=1S/C32H46N6O5/c39-29-28-20-24(21-38(28)31(41)22-6-2-1-3-7-22)35-30(40)27-9-5-15-37(27)25-10-16-36(17-11-25)32(42)26(8-4-14-33-29)34-23-12-18-43-19-13-23/h1-3,6-7,23-28,34H,4-5,8-21H2,(H,33,39)(H,35,40)/t24-,26-,27-,28-/m0/s1. The van der Waals surface area contributed by atoms with Crippen LogP contribution in [0.15, 0.2) is 30.3 Å². The first kappa shape index (κ1) is 30.0. The van der Waals surface area contributed by atoms with Gasteiger partial charge in [0, 0.05) is 63.1 Å². The van der Waals surface area contributed by atoms with E-state index in [9.17, 15) is 19.2 Å². The molecule has 4 bridgehead atoms. The zero-order valence-corrected chi connectivity index (χ0v) is 25.0. The minimum Gasteiger partial charge on any atom is -0.381 e.